The highest BCUT2D eigenvalue weighted by atomic mass is 32.1. The molecule has 1 saturated heterocycles. The monoisotopic (exact) mass is 277 g/mol. The SMILES string of the molecule is CN1CCC(N(C)C(=S)NCc2ccccc2)CC1. The molecule has 3 nitrogen and oxygen atoms in total. The van der Waals surface area contributed by atoms with E-state index in [1.165, 1.54) is 18.4 Å². The van der Waals surface area contributed by atoms with Crippen LogP contribution in [0.2, 0.25) is 0 Å². The molecule has 1 heterocycles. The molecule has 0 amide bonds. The third kappa shape index (κ3) is 4.18. The first-order chi connectivity index (χ1) is 9.16. The van der Waals surface area contributed by atoms with Crippen molar-refractivity contribution in [2.45, 2.75) is 25.4 Å². The van der Waals surface area contributed by atoms with Gasteiger partial charge < -0.3 is 15.1 Å². The summed E-state index contributed by atoms with van der Waals surface area (Å²) in [5.41, 5.74) is 1.27. The van der Waals surface area contributed by atoms with Crippen molar-refractivity contribution in [3.8, 4) is 0 Å². The zero-order valence-corrected chi connectivity index (χ0v) is 12.6. The average molecular weight is 277 g/mol. The first kappa shape index (κ1) is 14.3. The van der Waals surface area contributed by atoms with Crippen LogP contribution in [0.3, 0.4) is 0 Å². The Labute approximate surface area is 121 Å². The van der Waals surface area contributed by atoms with E-state index in [2.05, 4.69) is 53.5 Å². The summed E-state index contributed by atoms with van der Waals surface area (Å²) in [6.45, 7) is 3.13. The standard InChI is InChI=1S/C15H23N3S/c1-17-10-8-14(9-11-17)18(2)15(19)16-12-13-6-4-3-5-7-13/h3-7,14H,8-12H2,1-2H3,(H,16,19). The predicted octanol–water partition coefficient (Wildman–Crippen LogP) is 2.09. The maximum Gasteiger partial charge on any atom is 0.169 e. The normalized spacial score (nSPS) is 17.2. The van der Waals surface area contributed by atoms with E-state index in [1.54, 1.807) is 0 Å². The molecule has 1 aliphatic heterocycles. The van der Waals surface area contributed by atoms with Gasteiger partial charge in [0.05, 0.1) is 0 Å². The highest BCUT2D eigenvalue weighted by molar-refractivity contribution is 7.80. The lowest BCUT2D eigenvalue weighted by Crippen LogP contribution is -2.47. The largest absolute Gasteiger partial charge is 0.358 e. The number of hydrogen-bond acceptors (Lipinski definition) is 2. The van der Waals surface area contributed by atoms with Crippen LogP contribution >= 0.6 is 12.2 Å². The summed E-state index contributed by atoms with van der Waals surface area (Å²) >= 11 is 5.49. The summed E-state index contributed by atoms with van der Waals surface area (Å²) < 4.78 is 0. The highest BCUT2D eigenvalue weighted by Gasteiger charge is 2.21. The second-order valence-electron chi connectivity index (χ2n) is 5.29. The molecule has 0 radical (unpaired) electrons. The molecule has 1 aromatic carbocycles. The highest BCUT2D eigenvalue weighted by Crippen LogP contribution is 2.14. The Bertz CT molecular complexity index is 399. The molecule has 2 rings (SSSR count). The van der Waals surface area contributed by atoms with Gasteiger partial charge >= 0.3 is 0 Å². The van der Waals surface area contributed by atoms with Crippen molar-refractivity contribution in [3.63, 3.8) is 0 Å². The summed E-state index contributed by atoms with van der Waals surface area (Å²) in [6, 6.07) is 11.0. The van der Waals surface area contributed by atoms with E-state index in [1.807, 2.05) is 6.07 Å². The molecule has 1 fully saturated rings. The molecular weight excluding hydrogens is 254 g/mol. The molecule has 104 valence electrons. The smallest absolute Gasteiger partial charge is 0.169 e. The van der Waals surface area contributed by atoms with E-state index in [0.29, 0.717) is 6.04 Å². The minimum atomic E-state index is 0.576. The Morgan fingerprint density at radius 1 is 1.32 bits per heavy atom. The van der Waals surface area contributed by atoms with Crippen LogP contribution in [0.25, 0.3) is 0 Å². The fourth-order valence-electron chi connectivity index (χ4n) is 2.45. The van der Waals surface area contributed by atoms with E-state index in [9.17, 15) is 0 Å². The van der Waals surface area contributed by atoms with Crippen LogP contribution in [0, 0.1) is 0 Å². The fraction of sp³-hybridized carbons (Fsp3) is 0.533. The summed E-state index contributed by atoms with van der Waals surface area (Å²) in [5, 5.41) is 4.21. The van der Waals surface area contributed by atoms with E-state index in [4.69, 9.17) is 12.2 Å². The van der Waals surface area contributed by atoms with Crippen LogP contribution in [-0.2, 0) is 6.54 Å². The minimum Gasteiger partial charge on any atom is -0.358 e. The van der Waals surface area contributed by atoms with Gasteiger partial charge in [0.25, 0.3) is 0 Å². The number of likely N-dealkylation sites (tertiary alicyclic amines) is 1. The van der Waals surface area contributed by atoms with Crippen molar-refractivity contribution in [1.29, 1.82) is 0 Å². The second-order valence-corrected chi connectivity index (χ2v) is 5.68. The van der Waals surface area contributed by atoms with Crippen molar-refractivity contribution >= 4 is 17.3 Å². The molecule has 0 atom stereocenters. The second kappa shape index (κ2) is 6.87. The lowest BCUT2D eigenvalue weighted by Gasteiger charge is -2.36. The molecule has 0 unspecified atom stereocenters. The Hall–Kier alpha value is -1.13. The number of nitrogens with zero attached hydrogens (tertiary/aromatic N) is 2. The van der Waals surface area contributed by atoms with Crippen LogP contribution in [-0.4, -0.2) is 48.1 Å². The van der Waals surface area contributed by atoms with Gasteiger partial charge in [-0.05, 0) is 50.8 Å². The Morgan fingerprint density at radius 3 is 2.58 bits per heavy atom. The Morgan fingerprint density at radius 2 is 1.95 bits per heavy atom. The third-order valence-electron chi connectivity index (χ3n) is 3.84. The number of rotatable bonds is 3. The zero-order valence-electron chi connectivity index (χ0n) is 11.8. The molecule has 4 heteroatoms. The molecular formula is C15H23N3S. The number of hydrogen-bond donors (Lipinski definition) is 1. The summed E-state index contributed by atoms with van der Waals surface area (Å²) in [6.07, 6.45) is 2.39. The summed E-state index contributed by atoms with van der Waals surface area (Å²) in [5.74, 6) is 0. The van der Waals surface area contributed by atoms with Gasteiger partial charge in [0.1, 0.15) is 0 Å². The maximum atomic E-state index is 5.49. The van der Waals surface area contributed by atoms with Crippen LogP contribution in [0.4, 0.5) is 0 Å². The van der Waals surface area contributed by atoms with Crippen molar-refractivity contribution in [2.75, 3.05) is 27.2 Å². The van der Waals surface area contributed by atoms with Gasteiger partial charge in [-0.1, -0.05) is 30.3 Å². The van der Waals surface area contributed by atoms with Gasteiger partial charge in [0.15, 0.2) is 5.11 Å². The van der Waals surface area contributed by atoms with Gasteiger partial charge in [-0.2, -0.15) is 0 Å². The lowest BCUT2D eigenvalue weighted by molar-refractivity contribution is 0.191. The van der Waals surface area contributed by atoms with Crippen LogP contribution in [0.15, 0.2) is 30.3 Å². The molecule has 0 aliphatic carbocycles. The molecule has 0 bridgehead atoms. The quantitative estimate of drug-likeness (QED) is 0.852. The molecule has 0 spiro atoms. The molecule has 1 N–H and O–H groups in total. The number of nitrogens with one attached hydrogen (secondary N) is 1. The number of piperidine rings is 1. The van der Waals surface area contributed by atoms with Gasteiger partial charge in [-0.3, -0.25) is 0 Å². The van der Waals surface area contributed by atoms with Crippen molar-refractivity contribution in [3.05, 3.63) is 35.9 Å². The minimum absolute atomic E-state index is 0.576. The van der Waals surface area contributed by atoms with Gasteiger partial charge in [-0.25, -0.2) is 0 Å². The average Bonchev–Trinajstić information content (AvgIpc) is 2.46. The maximum absolute atomic E-state index is 5.49. The van der Waals surface area contributed by atoms with Crippen molar-refractivity contribution < 1.29 is 0 Å². The van der Waals surface area contributed by atoms with Crippen LogP contribution < -0.4 is 5.32 Å². The molecule has 0 saturated carbocycles. The third-order valence-corrected chi connectivity index (χ3v) is 4.28. The van der Waals surface area contributed by atoms with E-state index in [-0.39, 0.29) is 0 Å². The predicted molar refractivity (Wildman–Crippen MR) is 84.2 cm³/mol. The molecule has 19 heavy (non-hydrogen) atoms. The molecule has 1 aromatic rings. The first-order valence-electron chi connectivity index (χ1n) is 6.90. The fourth-order valence-corrected chi connectivity index (χ4v) is 2.67. The molecule has 0 aromatic heterocycles. The number of benzene rings is 1. The molecule has 1 aliphatic rings. The Balaban J connectivity index is 1.79. The number of thiocarbonyl (C=S) groups is 1. The van der Waals surface area contributed by atoms with Crippen LogP contribution in [0.5, 0.6) is 0 Å². The van der Waals surface area contributed by atoms with Gasteiger partial charge in [-0.15, -0.1) is 0 Å². The van der Waals surface area contributed by atoms with Crippen LogP contribution in [0.1, 0.15) is 18.4 Å². The first-order valence-corrected chi connectivity index (χ1v) is 7.31. The van der Waals surface area contributed by atoms with E-state index < -0.39 is 0 Å². The summed E-state index contributed by atoms with van der Waals surface area (Å²) in [4.78, 5) is 4.61. The van der Waals surface area contributed by atoms with Gasteiger partial charge in [0.2, 0.25) is 0 Å². The lowest BCUT2D eigenvalue weighted by atomic mass is 10.0. The van der Waals surface area contributed by atoms with E-state index >= 15 is 0 Å². The van der Waals surface area contributed by atoms with Gasteiger partial charge in [0, 0.05) is 19.6 Å². The van der Waals surface area contributed by atoms with Crippen molar-refractivity contribution in [2.24, 2.45) is 0 Å². The Kier molecular flexibility index (Phi) is 5.16. The van der Waals surface area contributed by atoms with Crippen molar-refractivity contribution in [1.82, 2.24) is 15.1 Å². The zero-order chi connectivity index (χ0) is 13.7. The topological polar surface area (TPSA) is 18.5 Å². The summed E-state index contributed by atoms with van der Waals surface area (Å²) in [7, 11) is 4.29. The van der Waals surface area contributed by atoms with E-state index in [0.717, 1.165) is 24.7 Å².